The van der Waals surface area contributed by atoms with Crippen LogP contribution in [0.25, 0.3) is 0 Å². The summed E-state index contributed by atoms with van der Waals surface area (Å²) in [4.78, 5) is 0. The number of hydrogen-bond donors (Lipinski definition) is 1. The summed E-state index contributed by atoms with van der Waals surface area (Å²) in [6, 6.07) is 3.73. The first-order valence-electron chi connectivity index (χ1n) is 3.97. The number of rotatable bonds is 4. The molecule has 0 amide bonds. The average molecular weight is 164 g/mol. The highest BCUT2D eigenvalue weighted by molar-refractivity contribution is 4.98. The molecule has 1 N–H and O–H groups in total. The number of aliphatic hydroxyl groups is 1. The lowest BCUT2D eigenvalue weighted by Gasteiger charge is -2.03. The predicted molar refractivity (Wildman–Crippen MR) is 46.5 cm³/mol. The van der Waals surface area contributed by atoms with E-state index in [2.05, 4.69) is 5.92 Å². The maximum Gasteiger partial charge on any atom is 0.103 e. The minimum Gasteiger partial charge on any atom is -0.469 e. The monoisotopic (exact) mass is 164 g/mol. The fourth-order valence-electron chi connectivity index (χ4n) is 1.00. The molecule has 1 aromatic heterocycles. The summed E-state index contributed by atoms with van der Waals surface area (Å²) in [5.74, 6) is 3.31. The number of aliphatic hydroxyl groups excluding tert-OH is 1. The molecule has 1 heterocycles. The van der Waals surface area contributed by atoms with E-state index in [0.717, 1.165) is 12.2 Å². The minimum absolute atomic E-state index is 0.403. The minimum atomic E-state index is -0.403. The molecule has 12 heavy (non-hydrogen) atoms. The fourth-order valence-corrected chi connectivity index (χ4v) is 1.00. The summed E-state index contributed by atoms with van der Waals surface area (Å²) >= 11 is 0. The molecule has 0 aliphatic rings. The second kappa shape index (κ2) is 4.63. The first kappa shape index (κ1) is 8.89. The van der Waals surface area contributed by atoms with Gasteiger partial charge in [-0.2, -0.15) is 0 Å². The predicted octanol–water partition coefficient (Wildman–Crippen LogP) is 1.60. The molecule has 0 radical (unpaired) electrons. The van der Waals surface area contributed by atoms with Crippen LogP contribution in [-0.2, 0) is 6.42 Å². The van der Waals surface area contributed by atoms with E-state index in [9.17, 15) is 5.11 Å². The Kier molecular flexibility index (Phi) is 3.43. The second-order valence-electron chi connectivity index (χ2n) is 2.68. The first-order valence-corrected chi connectivity index (χ1v) is 3.97. The lowest BCUT2D eigenvalue weighted by atomic mass is 10.1. The van der Waals surface area contributed by atoms with Crippen molar-refractivity contribution in [1.29, 1.82) is 0 Å². The van der Waals surface area contributed by atoms with Gasteiger partial charge in [0.15, 0.2) is 0 Å². The maximum absolute atomic E-state index is 9.26. The van der Waals surface area contributed by atoms with Gasteiger partial charge in [0, 0.05) is 12.8 Å². The van der Waals surface area contributed by atoms with Crippen LogP contribution in [0.4, 0.5) is 0 Å². The van der Waals surface area contributed by atoms with Crippen LogP contribution in [0.3, 0.4) is 0 Å². The van der Waals surface area contributed by atoms with E-state index < -0.39 is 6.10 Å². The Morgan fingerprint density at radius 1 is 1.67 bits per heavy atom. The van der Waals surface area contributed by atoms with Crippen molar-refractivity contribution < 1.29 is 9.52 Å². The van der Waals surface area contributed by atoms with Crippen molar-refractivity contribution in [1.82, 2.24) is 0 Å². The third-order valence-corrected chi connectivity index (χ3v) is 1.66. The molecular weight excluding hydrogens is 152 g/mol. The summed E-state index contributed by atoms with van der Waals surface area (Å²) in [6.45, 7) is 0. The maximum atomic E-state index is 9.26. The Bertz CT molecular complexity index is 243. The van der Waals surface area contributed by atoms with E-state index in [1.165, 1.54) is 0 Å². The molecule has 1 unspecified atom stereocenters. The lowest BCUT2D eigenvalue weighted by Crippen LogP contribution is -2.05. The van der Waals surface area contributed by atoms with E-state index in [1.54, 1.807) is 6.26 Å². The molecule has 1 aromatic rings. The zero-order valence-corrected chi connectivity index (χ0v) is 6.86. The van der Waals surface area contributed by atoms with Gasteiger partial charge in [-0.3, -0.25) is 0 Å². The largest absolute Gasteiger partial charge is 0.469 e. The zero-order chi connectivity index (χ0) is 8.81. The third kappa shape index (κ3) is 2.81. The summed E-state index contributed by atoms with van der Waals surface area (Å²) in [5.41, 5.74) is 0. The SMILES string of the molecule is C#CCC(O)CCc1ccco1. The van der Waals surface area contributed by atoms with Gasteiger partial charge in [0.2, 0.25) is 0 Å². The van der Waals surface area contributed by atoms with Gasteiger partial charge in [0.25, 0.3) is 0 Å². The molecule has 2 heteroatoms. The number of furan rings is 1. The molecule has 0 spiro atoms. The van der Waals surface area contributed by atoms with Crippen molar-refractivity contribution in [2.24, 2.45) is 0 Å². The Balaban J connectivity index is 2.23. The van der Waals surface area contributed by atoms with Gasteiger partial charge in [0.05, 0.1) is 12.4 Å². The Labute approximate surface area is 72.2 Å². The smallest absolute Gasteiger partial charge is 0.103 e. The van der Waals surface area contributed by atoms with Crippen molar-refractivity contribution in [2.75, 3.05) is 0 Å². The van der Waals surface area contributed by atoms with E-state index in [-0.39, 0.29) is 0 Å². The van der Waals surface area contributed by atoms with E-state index in [1.807, 2.05) is 12.1 Å². The second-order valence-corrected chi connectivity index (χ2v) is 2.68. The molecule has 2 nitrogen and oxygen atoms in total. The molecule has 0 aromatic carbocycles. The lowest BCUT2D eigenvalue weighted by molar-refractivity contribution is 0.168. The molecule has 0 aliphatic carbocycles. The Morgan fingerprint density at radius 3 is 3.08 bits per heavy atom. The summed E-state index contributed by atoms with van der Waals surface area (Å²) < 4.78 is 5.10. The van der Waals surface area contributed by atoms with Crippen LogP contribution < -0.4 is 0 Å². The highest BCUT2D eigenvalue weighted by Gasteiger charge is 2.03. The summed E-state index contributed by atoms with van der Waals surface area (Å²) in [5, 5.41) is 9.26. The summed E-state index contributed by atoms with van der Waals surface area (Å²) in [6.07, 6.45) is 8.10. The Morgan fingerprint density at radius 2 is 2.50 bits per heavy atom. The van der Waals surface area contributed by atoms with Crippen LogP contribution >= 0.6 is 0 Å². The van der Waals surface area contributed by atoms with Gasteiger partial charge in [-0.15, -0.1) is 12.3 Å². The average Bonchev–Trinajstić information content (AvgIpc) is 2.53. The van der Waals surface area contributed by atoms with Crippen molar-refractivity contribution in [3.63, 3.8) is 0 Å². The molecule has 0 fully saturated rings. The standard InChI is InChI=1S/C10H12O2/c1-2-4-9(11)6-7-10-5-3-8-12-10/h1,3,5,8-9,11H,4,6-7H2. The van der Waals surface area contributed by atoms with Gasteiger partial charge in [-0.1, -0.05) is 0 Å². The molecule has 0 aliphatic heterocycles. The normalized spacial score (nSPS) is 12.3. The molecular formula is C10H12O2. The molecule has 1 atom stereocenters. The number of terminal acetylenes is 1. The van der Waals surface area contributed by atoms with Gasteiger partial charge in [0.1, 0.15) is 5.76 Å². The highest BCUT2D eigenvalue weighted by Crippen LogP contribution is 2.07. The van der Waals surface area contributed by atoms with Gasteiger partial charge >= 0.3 is 0 Å². The first-order chi connectivity index (χ1) is 5.83. The summed E-state index contributed by atoms with van der Waals surface area (Å²) in [7, 11) is 0. The molecule has 0 saturated heterocycles. The van der Waals surface area contributed by atoms with E-state index in [4.69, 9.17) is 10.8 Å². The van der Waals surface area contributed by atoms with Crippen molar-refractivity contribution in [3.05, 3.63) is 24.2 Å². The van der Waals surface area contributed by atoms with Crippen LogP contribution in [0.15, 0.2) is 22.8 Å². The highest BCUT2D eigenvalue weighted by atomic mass is 16.3. The van der Waals surface area contributed by atoms with Crippen LogP contribution in [0, 0.1) is 12.3 Å². The van der Waals surface area contributed by atoms with Crippen molar-refractivity contribution in [2.45, 2.75) is 25.4 Å². The van der Waals surface area contributed by atoms with E-state index >= 15 is 0 Å². The van der Waals surface area contributed by atoms with E-state index in [0.29, 0.717) is 12.8 Å². The third-order valence-electron chi connectivity index (χ3n) is 1.66. The number of hydrogen-bond acceptors (Lipinski definition) is 2. The van der Waals surface area contributed by atoms with Crippen molar-refractivity contribution in [3.8, 4) is 12.3 Å². The zero-order valence-electron chi connectivity index (χ0n) is 6.86. The van der Waals surface area contributed by atoms with Gasteiger partial charge in [-0.25, -0.2) is 0 Å². The number of aryl methyl sites for hydroxylation is 1. The topological polar surface area (TPSA) is 33.4 Å². The molecule has 0 saturated carbocycles. The van der Waals surface area contributed by atoms with Crippen molar-refractivity contribution >= 4 is 0 Å². The van der Waals surface area contributed by atoms with Gasteiger partial charge < -0.3 is 9.52 Å². The molecule has 0 bridgehead atoms. The van der Waals surface area contributed by atoms with Crippen LogP contribution in [0.5, 0.6) is 0 Å². The molecule has 64 valence electrons. The Hall–Kier alpha value is -1.20. The quantitative estimate of drug-likeness (QED) is 0.685. The molecule has 1 rings (SSSR count). The van der Waals surface area contributed by atoms with Crippen LogP contribution in [-0.4, -0.2) is 11.2 Å². The van der Waals surface area contributed by atoms with Crippen LogP contribution in [0.2, 0.25) is 0 Å². The fraction of sp³-hybridized carbons (Fsp3) is 0.400. The van der Waals surface area contributed by atoms with Crippen LogP contribution in [0.1, 0.15) is 18.6 Å². The van der Waals surface area contributed by atoms with Gasteiger partial charge in [-0.05, 0) is 18.6 Å².